The van der Waals surface area contributed by atoms with Crippen molar-refractivity contribution in [1.29, 1.82) is 0 Å². The van der Waals surface area contributed by atoms with E-state index < -0.39 is 57.1 Å². The highest BCUT2D eigenvalue weighted by Gasteiger charge is 2.36. The van der Waals surface area contributed by atoms with Crippen molar-refractivity contribution < 1.29 is 31.8 Å². The molecule has 0 saturated carbocycles. The Labute approximate surface area is 220 Å². The highest BCUT2D eigenvalue weighted by atomic mass is 35.5. The van der Waals surface area contributed by atoms with E-state index in [1.165, 1.54) is 53.9 Å². The second kappa shape index (κ2) is 9.69. The zero-order valence-corrected chi connectivity index (χ0v) is 21.8. The summed E-state index contributed by atoms with van der Waals surface area (Å²) in [6, 6.07) is 7.49. The fourth-order valence-electron chi connectivity index (χ4n) is 3.99. The van der Waals surface area contributed by atoms with Gasteiger partial charge in [-0.15, -0.1) is 0 Å². The van der Waals surface area contributed by atoms with Crippen LogP contribution in [0.5, 0.6) is 0 Å². The Balaban J connectivity index is 1.92. The van der Waals surface area contributed by atoms with Crippen LogP contribution >= 0.6 is 22.6 Å². The number of carbonyl (C=O) groups excluding carboxylic acids is 1. The zero-order valence-electron chi connectivity index (χ0n) is 20.2. The summed E-state index contributed by atoms with van der Waals surface area (Å²) in [5.41, 5.74) is -2.98. The van der Waals surface area contributed by atoms with Crippen LogP contribution in [0.3, 0.4) is 0 Å². The van der Waals surface area contributed by atoms with E-state index in [1.807, 2.05) is 0 Å². The van der Waals surface area contributed by atoms with Crippen LogP contribution in [0, 0.1) is 0 Å². The molecule has 1 aliphatic heterocycles. The lowest BCUT2D eigenvalue weighted by Gasteiger charge is -2.40. The Kier molecular flexibility index (Phi) is 7.03. The molecule has 0 bridgehead atoms. The minimum absolute atomic E-state index is 0.0787. The van der Waals surface area contributed by atoms with Gasteiger partial charge >= 0.3 is 17.8 Å². The normalized spacial score (nSPS) is 15.4. The summed E-state index contributed by atoms with van der Waals surface area (Å²) in [6.45, 7) is 0.770. The van der Waals surface area contributed by atoms with E-state index in [1.54, 1.807) is 0 Å². The van der Waals surface area contributed by atoms with Crippen molar-refractivity contribution in [3.8, 4) is 5.69 Å². The lowest BCUT2D eigenvalue weighted by molar-refractivity contribution is -0.137. The summed E-state index contributed by atoms with van der Waals surface area (Å²) >= 11 is 5.99. The number of nitrogens with zero attached hydrogens (tertiary/aromatic N) is 4. The molecule has 0 atom stereocenters. The van der Waals surface area contributed by atoms with Crippen LogP contribution in [0.25, 0.3) is 5.69 Å². The van der Waals surface area contributed by atoms with Crippen LogP contribution < -0.4 is 19.9 Å². The van der Waals surface area contributed by atoms with Crippen molar-refractivity contribution in [2.45, 2.75) is 19.6 Å². The van der Waals surface area contributed by atoms with Crippen molar-refractivity contribution in [2.75, 3.05) is 29.3 Å². The number of alkyl halides is 3. The first-order chi connectivity index (χ1) is 17.7. The van der Waals surface area contributed by atoms with Crippen molar-refractivity contribution in [3.05, 3.63) is 85.1 Å². The summed E-state index contributed by atoms with van der Waals surface area (Å²) in [7, 11) is -0.425. The number of ether oxygens (including phenoxy) is 1. The number of benzene rings is 2. The van der Waals surface area contributed by atoms with Crippen molar-refractivity contribution in [3.63, 3.8) is 0 Å². The number of carbonyl (C=O) groups is 1. The van der Waals surface area contributed by atoms with Gasteiger partial charge in [-0.25, -0.2) is 9.59 Å². The average Bonchev–Trinajstić information content (AvgIpc) is 3.01. The van der Waals surface area contributed by atoms with Gasteiger partial charge in [0, 0.05) is 20.3 Å². The van der Waals surface area contributed by atoms with Crippen LogP contribution in [0.1, 0.15) is 28.4 Å². The molecule has 0 radical (unpaired) electrons. The van der Waals surface area contributed by atoms with E-state index in [2.05, 4.69) is 0 Å². The van der Waals surface area contributed by atoms with Crippen LogP contribution in [-0.4, -0.2) is 44.9 Å². The molecule has 0 spiro atoms. The van der Waals surface area contributed by atoms with Gasteiger partial charge in [0.2, 0.25) is 0 Å². The Bertz CT molecular complexity index is 1560. The molecule has 1 aliphatic rings. The first kappa shape index (κ1) is 27.6. The number of hydrogen-bond donors (Lipinski definition) is 2. The fraction of sp³-hybridized carbons (Fsp3) is 0.261. The molecule has 0 unspecified atom stereocenters. The third kappa shape index (κ3) is 4.53. The first-order valence-corrected chi connectivity index (χ1v) is 12.8. The van der Waals surface area contributed by atoms with E-state index >= 15 is 0 Å². The molecule has 10 nitrogen and oxygen atoms in total. The minimum atomic E-state index is -4.77. The van der Waals surface area contributed by atoms with Gasteiger partial charge in [0.1, 0.15) is 5.56 Å². The summed E-state index contributed by atoms with van der Waals surface area (Å²) in [6.07, 6.45) is -3.80. The van der Waals surface area contributed by atoms with Crippen LogP contribution in [0.2, 0.25) is 5.02 Å². The lowest BCUT2D eigenvalue weighted by atomic mass is 10.1. The Morgan fingerprint density at radius 2 is 1.74 bits per heavy atom. The number of hydrogen-bond acceptors (Lipinski definition) is 8. The van der Waals surface area contributed by atoms with Gasteiger partial charge in [-0.2, -0.15) is 13.2 Å². The molecule has 0 saturated heterocycles. The van der Waals surface area contributed by atoms with Gasteiger partial charge in [0.05, 0.1) is 40.8 Å². The third-order valence-corrected chi connectivity index (χ3v) is 8.34. The van der Waals surface area contributed by atoms with Crippen LogP contribution in [0.15, 0.2) is 52.2 Å². The molecule has 2 heterocycles. The molecule has 3 aromatic rings. The molecule has 4 rings (SSSR count). The van der Waals surface area contributed by atoms with Gasteiger partial charge < -0.3 is 4.74 Å². The molecular formula is C23H22ClF3N4O6S. The Hall–Kier alpha value is -3.46. The predicted octanol–water partition coefficient (Wildman–Crippen LogP) is 4.36. The molecule has 0 fully saturated rings. The summed E-state index contributed by atoms with van der Waals surface area (Å²) in [5, 5.41) is -0.688. The van der Waals surface area contributed by atoms with Gasteiger partial charge in [0.25, 0.3) is 5.56 Å². The second-order valence-corrected chi connectivity index (χ2v) is 10.7. The molecular weight excluding hydrogens is 553 g/mol. The van der Waals surface area contributed by atoms with Crippen LogP contribution in [-0.2, 0) is 17.5 Å². The number of halogens is 4. The molecule has 0 aliphatic carbocycles. The first-order valence-electron chi connectivity index (χ1n) is 11.0. The SMILES string of the molecule is CCOC(=O)c1cn(-c2ccc3c(c2)N(C)S(O)(O)N3C)c(=O)n(Cc2cccc(C(F)(F)F)c2Cl)c1=O. The zero-order chi connectivity index (χ0) is 28.2. The maximum absolute atomic E-state index is 13.5. The molecule has 2 aromatic carbocycles. The standard InChI is InChI=1S/C23H22ClF3N4O6S/c1-4-37-21(33)15-12-30(14-8-9-17-18(10-14)29(3)38(35,36)28(17)2)22(34)31(20(15)32)11-13-6-5-7-16(19(13)24)23(25,26)27/h5-10,12,35-36H,4,11H2,1-3H3. The molecule has 0 amide bonds. The number of anilines is 2. The van der Waals surface area contributed by atoms with Gasteiger partial charge in [-0.05, 0) is 47.7 Å². The summed E-state index contributed by atoms with van der Waals surface area (Å²) in [4.78, 5) is 39.2. The Morgan fingerprint density at radius 1 is 1.08 bits per heavy atom. The average molecular weight is 575 g/mol. The number of esters is 1. The lowest BCUT2D eigenvalue weighted by Crippen LogP contribution is -2.42. The highest BCUT2D eigenvalue weighted by molar-refractivity contribution is 8.26. The molecule has 1 aromatic heterocycles. The molecule has 15 heteroatoms. The number of fused-ring (bicyclic) bond motifs is 1. The van der Waals surface area contributed by atoms with Crippen LogP contribution in [0.4, 0.5) is 24.5 Å². The van der Waals surface area contributed by atoms with E-state index in [4.69, 9.17) is 16.3 Å². The molecule has 2 N–H and O–H groups in total. The maximum atomic E-state index is 13.5. The second-order valence-electron chi connectivity index (χ2n) is 8.24. The van der Waals surface area contributed by atoms with E-state index in [-0.39, 0.29) is 17.9 Å². The molecule has 38 heavy (non-hydrogen) atoms. The third-order valence-electron chi connectivity index (χ3n) is 6.03. The largest absolute Gasteiger partial charge is 0.462 e. The molecule has 204 valence electrons. The minimum Gasteiger partial charge on any atom is -0.462 e. The monoisotopic (exact) mass is 574 g/mol. The number of rotatable bonds is 5. The van der Waals surface area contributed by atoms with E-state index in [9.17, 15) is 36.7 Å². The highest BCUT2D eigenvalue weighted by Crippen LogP contribution is 2.59. The van der Waals surface area contributed by atoms with Crippen molar-refractivity contribution in [1.82, 2.24) is 9.13 Å². The van der Waals surface area contributed by atoms with Gasteiger partial charge in [0.15, 0.2) is 0 Å². The summed E-state index contributed by atoms with van der Waals surface area (Å²) < 4.78 is 69.9. The van der Waals surface area contributed by atoms with E-state index in [0.717, 1.165) is 22.9 Å². The van der Waals surface area contributed by atoms with Crippen molar-refractivity contribution in [2.24, 2.45) is 0 Å². The smallest absolute Gasteiger partial charge is 0.417 e. The van der Waals surface area contributed by atoms with Gasteiger partial charge in [-0.1, -0.05) is 23.7 Å². The quantitative estimate of drug-likeness (QED) is 0.432. The Morgan fingerprint density at radius 3 is 2.37 bits per heavy atom. The van der Waals surface area contributed by atoms with E-state index in [0.29, 0.717) is 15.9 Å². The topological polar surface area (TPSA) is 117 Å². The number of aromatic nitrogens is 2. The summed E-state index contributed by atoms with van der Waals surface area (Å²) in [5.74, 6) is -1.04. The predicted molar refractivity (Wildman–Crippen MR) is 137 cm³/mol. The van der Waals surface area contributed by atoms with Gasteiger partial charge in [-0.3, -0.25) is 31.6 Å². The maximum Gasteiger partial charge on any atom is 0.417 e. The fourth-order valence-corrected chi connectivity index (χ4v) is 5.48. The van der Waals surface area contributed by atoms with Crippen molar-refractivity contribution >= 4 is 39.9 Å².